The number of aryl methyl sites for hydroxylation is 1. The Labute approximate surface area is 205 Å². The van der Waals surface area contributed by atoms with E-state index in [0.717, 1.165) is 14.8 Å². The van der Waals surface area contributed by atoms with E-state index in [-0.39, 0.29) is 30.0 Å². The van der Waals surface area contributed by atoms with Crippen molar-refractivity contribution in [1.29, 1.82) is 0 Å². The Kier molecular flexibility index (Phi) is 7.57. The van der Waals surface area contributed by atoms with Gasteiger partial charge in [-0.2, -0.15) is 5.01 Å². The molecule has 0 saturated heterocycles. The number of benzene rings is 2. The van der Waals surface area contributed by atoms with Gasteiger partial charge in [-0.25, -0.2) is 0 Å². The maximum Gasteiger partial charge on any atom is 0.308 e. The lowest BCUT2D eigenvalue weighted by Crippen LogP contribution is -2.44. The lowest BCUT2D eigenvalue weighted by Gasteiger charge is -2.28. The maximum absolute atomic E-state index is 12.5. The highest BCUT2D eigenvalue weighted by Gasteiger charge is 2.35. The van der Waals surface area contributed by atoms with Crippen molar-refractivity contribution in [2.24, 2.45) is 5.10 Å². The molecule has 174 valence electrons. The molecule has 33 heavy (non-hydrogen) atoms. The number of ether oxygens (including phenoxy) is 3. The molecule has 0 saturated carbocycles. The summed E-state index contributed by atoms with van der Waals surface area (Å²) in [5, 5.41) is 5.53. The molecule has 2 aromatic carbocycles. The molecular formula is C23H24IN3O6. The summed E-state index contributed by atoms with van der Waals surface area (Å²) in [6, 6.07) is 10.6. The zero-order valence-electron chi connectivity index (χ0n) is 18.9. The van der Waals surface area contributed by atoms with Crippen molar-refractivity contribution >= 4 is 52.0 Å². The van der Waals surface area contributed by atoms with Crippen molar-refractivity contribution in [1.82, 2.24) is 5.01 Å². The number of hydrazone groups is 1. The molecule has 10 heteroatoms. The number of amides is 2. The molecule has 0 bridgehead atoms. The van der Waals surface area contributed by atoms with Crippen LogP contribution in [0.2, 0.25) is 0 Å². The van der Waals surface area contributed by atoms with Crippen LogP contribution in [-0.4, -0.2) is 48.6 Å². The number of hydrogen-bond acceptors (Lipinski definition) is 7. The number of rotatable bonds is 6. The summed E-state index contributed by atoms with van der Waals surface area (Å²) in [6.45, 7) is 6.14. The summed E-state index contributed by atoms with van der Waals surface area (Å²) in [4.78, 5) is 37.6. The lowest BCUT2D eigenvalue weighted by atomic mass is 10.1. The van der Waals surface area contributed by atoms with Crippen LogP contribution in [0.5, 0.6) is 11.5 Å². The predicted octanol–water partition coefficient (Wildman–Crippen LogP) is 3.45. The van der Waals surface area contributed by atoms with Crippen LogP contribution in [0, 0.1) is 10.5 Å². The zero-order chi connectivity index (χ0) is 24.3. The van der Waals surface area contributed by atoms with Gasteiger partial charge < -0.3 is 19.1 Å². The number of anilines is 1. The Hall–Kier alpha value is -3.15. The van der Waals surface area contributed by atoms with E-state index in [1.165, 1.54) is 32.9 Å². The van der Waals surface area contributed by atoms with Gasteiger partial charge in [-0.1, -0.05) is 0 Å². The minimum absolute atomic E-state index is 0.0893. The van der Waals surface area contributed by atoms with Gasteiger partial charge in [0.05, 0.1) is 13.7 Å². The highest BCUT2D eigenvalue weighted by molar-refractivity contribution is 14.1. The van der Waals surface area contributed by atoms with Crippen molar-refractivity contribution in [3.8, 4) is 11.5 Å². The molecule has 1 aliphatic rings. The minimum Gasteiger partial charge on any atom is -0.493 e. The van der Waals surface area contributed by atoms with E-state index in [1.54, 1.807) is 23.1 Å². The Morgan fingerprint density at radius 2 is 1.85 bits per heavy atom. The van der Waals surface area contributed by atoms with Crippen LogP contribution in [0.4, 0.5) is 5.69 Å². The first kappa shape index (κ1) is 24.5. The molecule has 2 amide bonds. The molecule has 9 nitrogen and oxygen atoms in total. The topological polar surface area (TPSA) is 97.7 Å². The van der Waals surface area contributed by atoms with Gasteiger partial charge in [0, 0.05) is 35.6 Å². The second-order valence-corrected chi connectivity index (χ2v) is 8.61. The monoisotopic (exact) mass is 565 g/mol. The number of methoxy groups -OCH3 is 1. The molecule has 0 aromatic heterocycles. The van der Waals surface area contributed by atoms with Crippen LogP contribution in [0.1, 0.15) is 31.9 Å². The van der Waals surface area contributed by atoms with Gasteiger partial charge in [-0.15, -0.1) is 5.10 Å². The molecular weight excluding hydrogens is 541 g/mol. The van der Waals surface area contributed by atoms with Gasteiger partial charge >= 0.3 is 5.97 Å². The second-order valence-electron chi connectivity index (χ2n) is 7.36. The summed E-state index contributed by atoms with van der Waals surface area (Å²) in [7, 11) is 1.45. The summed E-state index contributed by atoms with van der Waals surface area (Å²) in [5.74, 6) is -0.246. The SMILES string of the molecule is COc1cc(C2=NN(C(C)=O)[C@@H](CN(C(C)=O)c3ccc(I)cc3C)O2)ccc1OC(C)=O. The Morgan fingerprint density at radius 3 is 2.42 bits per heavy atom. The number of halogens is 1. The van der Waals surface area contributed by atoms with E-state index in [0.29, 0.717) is 11.3 Å². The summed E-state index contributed by atoms with van der Waals surface area (Å²) in [6.07, 6.45) is -0.820. The largest absolute Gasteiger partial charge is 0.493 e. The minimum atomic E-state index is -0.820. The fourth-order valence-electron chi connectivity index (χ4n) is 3.39. The highest BCUT2D eigenvalue weighted by atomic mass is 127. The van der Waals surface area contributed by atoms with E-state index in [4.69, 9.17) is 14.2 Å². The van der Waals surface area contributed by atoms with E-state index in [9.17, 15) is 14.4 Å². The zero-order valence-corrected chi connectivity index (χ0v) is 21.1. The van der Waals surface area contributed by atoms with Crippen molar-refractivity contribution in [3.63, 3.8) is 0 Å². The fourth-order valence-corrected chi connectivity index (χ4v) is 4.04. The first-order valence-electron chi connectivity index (χ1n) is 10.1. The number of esters is 1. The number of hydrogen-bond donors (Lipinski definition) is 0. The third-order valence-electron chi connectivity index (χ3n) is 4.87. The average Bonchev–Trinajstić information content (AvgIpc) is 3.16. The molecule has 0 spiro atoms. The predicted molar refractivity (Wildman–Crippen MR) is 130 cm³/mol. The van der Waals surface area contributed by atoms with E-state index in [2.05, 4.69) is 27.7 Å². The van der Waals surface area contributed by atoms with Crippen LogP contribution in [-0.2, 0) is 19.1 Å². The van der Waals surface area contributed by atoms with Crippen molar-refractivity contribution in [2.45, 2.75) is 33.9 Å². The van der Waals surface area contributed by atoms with Crippen molar-refractivity contribution in [2.75, 3.05) is 18.6 Å². The van der Waals surface area contributed by atoms with Crippen molar-refractivity contribution in [3.05, 3.63) is 51.1 Å². The summed E-state index contributed by atoms with van der Waals surface area (Å²) < 4.78 is 17.5. The Morgan fingerprint density at radius 1 is 1.12 bits per heavy atom. The molecule has 2 aromatic rings. The van der Waals surface area contributed by atoms with Crippen LogP contribution >= 0.6 is 22.6 Å². The smallest absolute Gasteiger partial charge is 0.308 e. The van der Waals surface area contributed by atoms with Gasteiger partial charge in [0.25, 0.3) is 0 Å². The quantitative estimate of drug-likeness (QED) is 0.303. The molecule has 1 heterocycles. The Bertz CT molecular complexity index is 1130. The van der Waals surface area contributed by atoms with E-state index < -0.39 is 12.2 Å². The number of carbonyl (C=O) groups excluding carboxylic acids is 3. The van der Waals surface area contributed by atoms with E-state index >= 15 is 0 Å². The normalized spacial score (nSPS) is 14.9. The lowest BCUT2D eigenvalue weighted by molar-refractivity contribution is -0.135. The summed E-state index contributed by atoms with van der Waals surface area (Å²) >= 11 is 2.21. The number of nitrogens with zero attached hydrogens (tertiary/aromatic N) is 3. The fraction of sp³-hybridized carbons (Fsp3) is 0.304. The van der Waals surface area contributed by atoms with Gasteiger partial charge in [0.2, 0.25) is 23.9 Å². The third kappa shape index (κ3) is 5.62. The van der Waals surface area contributed by atoms with E-state index in [1.807, 2.05) is 25.1 Å². The van der Waals surface area contributed by atoms with Crippen LogP contribution < -0.4 is 14.4 Å². The number of carbonyl (C=O) groups is 3. The van der Waals surface area contributed by atoms with Gasteiger partial charge in [-0.3, -0.25) is 14.4 Å². The van der Waals surface area contributed by atoms with Crippen LogP contribution in [0.15, 0.2) is 41.5 Å². The Balaban J connectivity index is 1.89. The maximum atomic E-state index is 12.5. The molecule has 0 radical (unpaired) electrons. The molecule has 3 rings (SSSR count). The standard InChI is InChI=1S/C23H24IN3O6/c1-13-10-18(24)7-8-19(13)26(14(2)28)12-22-27(15(3)29)25-23(33-22)17-6-9-20(32-16(4)30)21(11-17)31-5/h6-11,22H,12H2,1-5H3/t22-/m1/s1. The third-order valence-corrected chi connectivity index (χ3v) is 5.55. The molecule has 0 unspecified atom stereocenters. The van der Waals surface area contributed by atoms with Gasteiger partial charge in [0.1, 0.15) is 0 Å². The average molecular weight is 565 g/mol. The first-order valence-corrected chi connectivity index (χ1v) is 11.1. The molecule has 0 aliphatic carbocycles. The van der Waals surface area contributed by atoms with Crippen LogP contribution in [0.3, 0.4) is 0 Å². The second kappa shape index (κ2) is 10.2. The van der Waals surface area contributed by atoms with Gasteiger partial charge in [0.15, 0.2) is 11.5 Å². The highest BCUT2D eigenvalue weighted by Crippen LogP contribution is 2.31. The molecule has 0 fully saturated rings. The summed E-state index contributed by atoms with van der Waals surface area (Å²) in [5.41, 5.74) is 2.18. The molecule has 1 atom stereocenters. The first-order chi connectivity index (χ1) is 15.6. The molecule has 1 aliphatic heterocycles. The van der Waals surface area contributed by atoms with Crippen molar-refractivity contribution < 1.29 is 28.6 Å². The van der Waals surface area contributed by atoms with Gasteiger partial charge in [-0.05, 0) is 71.5 Å². The van der Waals surface area contributed by atoms with Crippen LogP contribution in [0.25, 0.3) is 0 Å². The molecule has 0 N–H and O–H groups in total.